The highest BCUT2D eigenvalue weighted by atomic mass is 16.5. The molecule has 0 saturated heterocycles. The fraction of sp³-hybridized carbons (Fsp3) is 0.429. The predicted molar refractivity (Wildman–Crippen MR) is 69.2 cm³/mol. The summed E-state index contributed by atoms with van der Waals surface area (Å²) in [5, 5.41) is 16.1. The predicted octanol–water partition coefficient (Wildman–Crippen LogP) is 1.36. The van der Waals surface area contributed by atoms with Gasteiger partial charge in [0.2, 0.25) is 0 Å². The van der Waals surface area contributed by atoms with Crippen molar-refractivity contribution in [2.75, 3.05) is 0 Å². The number of aromatic nitrogens is 1. The Bertz CT molecular complexity index is 615. The van der Waals surface area contributed by atoms with Crippen molar-refractivity contribution < 1.29 is 18.8 Å². The number of aliphatic hydroxyl groups is 1. The monoisotopic (exact) mass is 276 g/mol. The maximum absolute atomic E-state index is 12.1. The van der Waals surface area contributed by atoms with Gasteiger partial charge in [0.25, 0.3) is 5.91 Å². The van der Waals surface area contributed by atoms with Gasteiger partial charge in [-0.1, -0.05) is 5.16 Å². The highest BCUT2D eigenvalue weighted by Gasteiger charge is 2.27. The zero-order chi connectivity index (χ0) is 14.1. The van der Waals surface area contributed by atoms with Gasteiger partial charge in [0, 0.05) is 18.0 Å². The molecule has 0 bridgehead atoms. The number of furan rings is 1. The van der Waals surface area contributed by atoms with Gasteiger partial charge < -0.3 is 19.4 Å². The number of hydrogen-bond acceptors (Lipinski definition) is 5. The first-order chi connectivity index (χ1) is 9.69. The number of aryl methyl sites for hydroxylation is 2. The van der Waals surface area contributed by atoms with Crippen LogP contribution in [0.1, 0.15) is 39.6 Å². The van der Waals surface area contributed by atoms with Crippen LogP contribution in [0.25, 0.3) is 0 Å². The molecule has 20 heavy (non-hydrogen) atoms. The third kappa shape index (κ3) is 2.22. The van der Waals surface area contributed by atoms with Crippen LogP contribution in [-0.4, -0.2) is 22.2 Å². The molecule has 0 saturated carbocycles. The zero-order valence-corrected chi connectivity index (χ0v) is 11.2. The number of nitrogens with one attached hydrogen (secondary N) is 1. The summed E-state index contributed by atoms with van der Waals surface area (Å²) in [6.45, 7) is 1.62. The van der Waals surface area contributed by atoms with E-state index in [2.05, 4.69) is 10.5 Å². The Balaban J connectivity index is 1.71. The number of fused-ring (bicyclic) bond motifs is 1. The molecule has 2 aromatic rings. The van der Waals surface area contributed by atoms with Crippen molar-refractivity contribution in [1.29, 1.82) is 0 Å². The lowest BCUT2D eigenvalue weighted by Gasteiger charge is -2.22. The van der Waals surface area contributed by atoms with Gasteiger partial charge >= 0.3 is 0 Å². The number of aliphatic hydroxyl groups excluding tert-OH is 1. The van der Waals surface area contributed by atoms with E-state index in [0.717, 1.165) is 24.2 Å². The summed E-state index contributed by atoms with van der Waals surface area (Å²) in [6.07, 6.45) is 3.66. The Labute approximate surface area is 115 Å². The minimum Gasteiger partial charge on any atom is -0.469 e. The van der Waals surface area contributed by atoms with Gasteiger partial charge in [-0.3, -0.25) is 4.79 Å². The van der Waals surface area contributed by atoms with Gasteiger partial charge in [0.1, 0.15) is 17.2 Å². The van der Waals surface area contributed by atoms with Crippen LogP contribution in [0.2, 0.25) is 0 Å². The maximum Gasteiger partial charge on any atom is 0.255 e. The second kappa shape index (κ2) is 5.13. The zero-order valence-electron chi connectivity index (χ0n) is 11.2. The van der Waals surface area contributed by atoms with Crippen molar-refractivity contribution in [3.8, 4) is 0 Å². The van der Waals surface area contributed by atoms with Crippen LogP contribution in [0.5, 0.6) is 0 Å². The molecule has 3 rings (SSSR count). The molecule has 1 atom stereocenters. The third-order valence-corrected chi connectivity index (χ3v) is 3.71. The van der Waals surface area contributed by atoms with Crippen molar-refractivity contribution in [3.63, 3.8) is 0 Å². The molecule has 6 heteroatoms. The summed E-state index contributed by atoms with van der Waals surface area (Å²) < 4.78 is 10.3. The average Bonchev–Trinajstić information content (AvgIpc) is 3.04. The smallest absolute Gasteiger partial charge is 0.255 e. The number of amides is 1. The first-order valence-electron chi connectivity index (χ1n) is 6.61. The highest BCUT2D eigenvalue weighted by Crippen LogP contribution is 2.25. The van der Waals surface area contributed by atoms with Crippen molar-refractivity contribution >= 4 is 5.91 Å². The second-order valence-corrected chi connectivity index (χ2v) is 4.99. The van der Waals surface area contributed by atoms with Crippen LogP contribution in [0, 0.1) is 6.92 Å². The first-order valence-corrected chi connectivity index (χ1v) is 6.61. The molecule has 1 aliphatic rings. The fourth-order valence-corrected chi connectivity index (χ4v) is 2.59. The molecule has 2 aromatic heterocycles. The van der Waals surface area contributed by atoms with Gasteiger partial charge in [0.05, 0.1) is 18.4 Å². The van der Waals surface area contributed by atoms with Crippen LogP contribution in [-0.2, 0) is 19.4 Å². The normalized spacial score (nSPS) is 17.8. The summed E-state index contributed by atoms with van der Waals surface area (Å²) in [5.74, 6) is 1.30. The Morgan fingerprint density at radius 1 is 1.60 bits per heavy atom. The number of hydrogen-bond donors (Lipinski definition) is 2. The van der Waals surface area contributed by atoms with Crippen LogP contribution in [0.4, 0.5) is 0 Å². The highest BCUT2D eigenvalue weighted by molar-refractivity contribution is 5.95. The molecule has 106 valence electrons. The summed E-state index contributed by atoms with van der Waals surface area (Å²) in [6, 6.07) is 1.69. The van der Waals surface area contributed by atoms with Gasteiger partial charge in [-0.2, -0.15) is 0 Å². The van der Waals surface area contributed by atoms with Crippen molar-refractivity contribution in [3.05, 3.63) is 40.7 Å². The Morgan fingerprint density at radius 2 is 2.45 bits per heavy atom. The third-order valence-electron chi connectivity index (χ3n) is 3.71. The molecule has 2 N–H and O–H groups in total. The average molecular weight is 276 g/mol. The lowest BCUT2D eigenvalue weighted by molar-refractivity contribution is 0.0931. The van der Waals surface area contributed by atoms with Crippen molar-refractivity contribution in [1.82, 2.24) is 10.5 Å². The summed E-state index contributed by atoms with van der Waals surface area (Å²) in [7, 11) is 0. The molecule has 1 unspecified atom stereocenters. The molecule has 0 aliphatic heterocycles. The van der Waals surface area contributed by atoms with E-state index in [1.54, 1.807) is 13.0 Å². The maximum atomic E-state index is 12.1. The summed E-state index contributed by atoms with van der Waals surface area (Å²) >= 11 is 0. The molecular weight excluding hydrogens is 260 g/mol. The summed E-state index contributed by atoms with van der Waals surface area (Å²) in [5.41, 5.74) is 2.05. The molecule has 2 heterocycles. The van der Waals surface area contributed by atoms with E-state index in [1.165, 1.54) is 6.26 Å². The minimum absolute atomic E-state index is 0.0222. The molecule has 1 aliphatic carbocycles. The molecule has 0 spiro atoms. The van der Waals surface area contributed by atoms with Crippen molar-refractivity contribution in [2.24, 2.45) is 0 Å². The molecule has 0 radical (unpaired) electrons. The van der Waals surface area contributed by atoms with E-state index in [-0.39, 0.29) is 18.6 Å². The van der Waals surface area contributed by atoms with E-state index in [9.17, 15) is 9.90 Å². The van der Waals surface area contributed by atoms with Crippen LogP contribution in [0.15, 0.2) is 21.3 Å². The van der Waals surface area contributed by atoms with E-state index < -0.39 is 0 Å². The topological polar surface area (TPSA) is 88.5 Å². The second-order valence-electron chi connectivity index (χ2n) is 4.99. The van der Waals surface area contributed by atoms with E-state index in [0.29, 0.717) is 23.4 Å². The van der Waals surface area contributed by atoms with Crippen LogP contribution in [0.3, 0.4) is 0 Å². The number of carbonyl (C=O) groups is 1. The molecule has 1 amide bonds. The Morgan fingerprint density at radius 3 is 3.15 bits per heavy atom. The van der Waals surface area contributed by atoms with Gasteiger partial charge in [-0.15, -0.1) is 0 Å². The van der Waals surface area contributed by atoms with Crippen molar-refractivity contribution in [2.45, 2.75) is 38.8 Å². The molecular formula is C14H16N2O4. The molecule has 0 fully saturated rings. The van der Waals surface area contributed by atoms with E-state index in [4.69, 9.17) is 8.94 Å². The first kappa shape index (κ1) is 12.9. The number of rotatable bonds is 3. The van der Waals surface area contributed by atoms with Gasteiger partial charge in [-0.05, 0) is 25.8 Å². The largest absolute Gasteiger partial charge is 0.469 e. The molecule has 6 nitrogen and oxygen atoms in total. The van der Waals surface area contributed by atoms with Crippen LogP contribution < -0.4 is 5.32 Å². The summed E-state index contributed by atoms with van der Waals surface area (Å²) in [4.78, 5) is 12.1. The van der Waals surface area contributed by atoms with E-state index in [1.807, 2.05) is 0 Å². The Hall–Kier alpha value is -2.08. The van der Waals surface area contributed by atoms with Crippen LogP contribution >= 0.6 is 0 Å². The number of carbonyl (C=O) groups excluding carboxylic acids is 1. The number of nitrogens with zero attached hydrogens (tertiary/aromatic N) is 1. The SMILES string of the molecule is Cc1occc1C(=O)NC1CCc2onc(CO)c2C1. The standard InChI is InChI=1S/C14H16N2O4/c1-8-10(4-5-19-8)14(18)15-9-2-3-13-11(6-9)12(7-17)16-20-13/h4-5,9,17H,2-3,6-7H2,1H3,(H,15,18). The minimum atomic E-state index is -0.139. The Kier molecular flexibility index (Phi) is 3.31. The van der Waals surface area contributed by atoms with Gasteiger partial charge in [-0.25, -0.2) is 0 Å². The lowest BCUT2D eigenvalue weighted by Crippen LogP contribution is -2.38. The van der Waals surface area contributed by atoms with Gasteiger partial charge in [0.15, 0.2) is 0 Å². The quantitative estimate of drug-likeness (QED) is 0.883. The lowest BCUT2D eigenvalue weighted by atomic mass is 9.92. The fourth-order valence-electron chi connectivity index (χ4n) is 2.59. The molecule has 0 aromatic carbocycles. The van der Waals surface area contributed by atoms with E-state index >= 15 is 0 Å².